The van der Waals surface area contributed by atoms with Crippen molar-refractivity contribution in [2.75, 3.05) is 33.2 Å². The van der Waals surface area contributed by atoms with Crippen LogP contribution in [0.5, 0.6) is 0 Å². The van der Waals surface area contributed by atoms with Crippen molar-refractivity contribution in [1.82, 2.24) is 14.8 Å². The van der Waals surface area contributed by atoms with Gasteiger partial charge in [0.1, 0.15) is 11.6 Å². The van der Waals surface area contributed by atoms with Gasteiger partial charge < -0.3 is 9.88 Å². The molecule has 2 aromatic carbocycles. The van der Waals surface area contributed by atoms with E-state index in [0.29, 0.717) is 5.69 Å². The van der Waals surface area contributed by atoms with Crippen LogP contribution in [0.2, 0.25) is 0 Å². The molecule has 1 N–H and O–H groups in total. The lowest BCUT2D eigenvalue weighted by Gasteiger charge is -2.32. The van der Waals surface area contributed by atoms with Gasteiger partial charge in [-0.1, -0.05) is 24.3 Å². The molecule has 0 unspecified atom stereocenters. The van der Waals surface area contributed by atoms with Gasteiger partial charge in [0.05, 0.1) is 5.39 Å². The first-order valence-electron chi connectivity index (χ1n) is 9.02. The number of nitrogens with one attached hydrogen (secondary N) is 1. The molecule has 0 aliphatic carbocycles. The Balaban J connectivity index is 1.59. The Morgan fingerprint density at radius 3 is 2.37 bits per heavy atom. The van der Waals surface area contributed by atoms with Crippen LogP contribution in [0.3, 0.4) is 0 Å². The van der Waals surface area contributed by atoms with Crippen LogP contribution in [0, 0.1) is 11.6 Å². The Bertz CT molecular complexity index is 1020. The molecule has 1 aliphatic heterocycles. The van der Waals surface area contributed by atoms with Gasteiger partial charge in [-0.25, -0.2) is 8.78 Å². The van der Waals surface area contributed by atoms with Gasteiger partial charge in [0.15, 0.2) is 0 Å². The number of piperazine rings is 1. The van der Waals surface area contributed by atoms with Gasteiger partial charge in [0.25, 0.3) is 5.56 Å². The van der Waals surface area contributed by atoms with Gasteiger partial charge in [-0.15, -0.1) is 0 Å². The van der Waals surface area contributed by atoms with Crippen LogP contribution in [-0.4, -0.2) is 48.0 Å². The number of fused-ring (bicyclic) bond motifs is 1. The molecule has 1 saturated heterocycles. The highest BCUT2D eigenvalue weighted by molar-refractivity contribution is 5.85. The zero-order valence-electron chi connectivity index (χ0n) is 15.1. The number of benzene rings is 2. The number of hydrogen-bond donors (Lipinski definition) is 1. The van der Waals surface area contributed by atoms with Crippen LogP contribution < -0.4 is 5.56 Å². The highest BCUT2D eigenvalue weighted by atomic mass is 19.1. The van der Waals surface area contributed by atoms with Gasteiger partial charge in [-0.2, -0.15) is 0 Å². The van der Waals surface area contributed by atoms with E-state index in [4.69, 9.17) is 0 Å². The SMILES string of the molecule is CN1CCN(Cc2ccc(-c3cc4c(F)cc(F)cc4c(=O)[nH]3)cc2)CC1. The summed E-state index contributed by atoms with van der Waals surface area (Å²) >= 11 is 0. The van der Waals surface area contributed by atoms with Crippen LogP contribution in [-0.2, 0) is 6.54 Å². The number of likely N-dealkylation sites (N-methyl/N-ethyl adjacent to an activating group) is 1. The normalized spacial score (nSPS) is 16.1. The molecule has 1 aliphatic rings. The monoisotopic (exact) mass is 369 g/mol. The quantitative estimate of drug-likeness (QED) is 0.771. The molecule has 0 amide bonds. The second-order valence-electron chi connectivity index (χ2n) is 7.14. The maximum absolute atomic E-state index is 14.1. The minimum Gasteiger partial charge on any atom is -0.321 e. The van der Waals surface area contributed by atoms with Crippen molar-refractivity contribution < 1.29 is 8.78 Å². The van der Waals surface area contributed by atoms with Crippen LogP contribution in [0.1, 0.15) is 5.56 Å². The predicted molar refractivity (Wildman–Crippen MR) is 103 cm³/mol. The zero-order valence-corrected chi connectivity index (χ0v) is 15.1. The van der Waals surface area contributed by atoms with Crippen LogP contribution in [0.4, 0.5) is 8.78 Å². The van der Waals surface area contributed by atoms with E-state index in [-0.39, 0.29) is 10.8 Å². The summed E-state index contributed by atoms with van der Waals surface area (Å²) in [5.74, 6) is -1.49. The van der Waals surface area contributed by atoms with E-state index >= 15 is 0 Å². The van der Waals surface area contributed by atoms with Gasteiger partial charge in [0.2, 0.25) is 0 Å². The van der Waals surface area contributed by atoms with Crippen molar-refractivity contribution in [3.05, 3.63) is 70.0 Å². The predicted octanol–water partition coefficient (Wildman–Crippen LogP) is 3.22. The number of aromatic amines is 1. The summed E-state index contributed by atoms with van der Waals surface area (Å²) in [7, 11) is 2.13. The molecule has 0 bridgehead atoms. The Morgan fingerprint density at radius 2 is 1.67 bits per heavy atom. The number of pyridine rings is 1. The third-order valence-corrected chi connectivity index (χ3v) is 5.14. The topological polar surface area (TPSA) is 39.3 Å². The fraction of sp³-hybridized carbons (Fsp3) is 0.286. The van der Waals surface area contributed by atoms with E-state index in [2.05, 4.69) is 21.8 Å². The lowest BCUT2D eigenvalue weighted by Crippen LogP contribution is -2.43. The Labute approximate surface area is 156 Å². The van der Waals surface area contributed by atoms with Crippen molar-refractivity contribution in [3.63, 3.8) is 0 Å². The maximum Gasteiger partial charge on any atom is 0.256 e. The van der Waals surface area contributed by atoms with E-state index < -0.39 is 17.2 Å². The van der Waals surface area contributed by atoms with Gasteiger partial charge in [0, 0.05) is 49.9 Å². The van der Waals surface area contributed by atoms with Crippen molar-refractivity contribution in [2.24, 2.45) is 0 Å². The molecule has 2 heterocycles. The summed E-state index contributed by atoms with van der Waals surface area (Å²) < 4.78 is 27.4. The molecule has 4 nitrogen and oxygen atoms in total. The Kier molecular flexibility index (Phi) is 4.76. The van der Waals surface area contributed by atoms with Crippen LogP contribution in [0.15, 0.2) is 47.3 Å². The highest BCUT2D eigenvalue weighted by Crippen LogP contribution is 2.23. The average molecular weight is 369 g/mol. The number of halogens is 2. The highest BCUT2D eigenvalue weighted by Gasteiger charge is 2.14. The summed E-state index contributed by atoms with van der Waals surface area (Å²) in [5.41, 5.74) is 2.01. The van der Waals surface area contributed by atoms with Gasteiger partial charge in [-0.05, 0) is 30.3 Å². The first kappa shape index (κ1) is 17.8. The first-order chi connectivity index (χ1) is 13.0. The Morgan fingerprint density at radius 1 is 0.963 bits per heavy atom. The molecule has 140 valence electrons. The summed E-state index contributed by atoms with van der Waals surface area (Å²) in [6.07, 6.45) is 0. The molecule has 4 rings (SSSR count). The molecule has 27 heavy (non-hydrogen) atoms. The van der Waals surface area contributed by atoms with Crippen LogP contribution >= 0.6 is 0 Å². The largest absolute Gasteiger partial charge is 0.321 e. The summed E-state index contributed by atoms with van der Waals surface area (Å²) in [6, 6.07) is 11.3. The van der Waals surface area contributed by atoms with Crippen LogP contribution in [0.25, 0.3) is 22.0 Å². The molecule has 6 heteroatoms. The smallest absolute Gasteiger partial charge is 0.256 e. The lowest BCUT2D eigenvalue weighted by molar-refractivity contribution is 0.148. The molecule has 0 radical (unpaired) electrons. The average Bonchev–Trinajstić information content (AvgIpc) is 2.65. The molecule has 1 aromatic heterocycles. The zero-order chi connectivity index (χ0) is 19.0. The summed E-state index contributed by atoms with van der Waals surface area (Å²) in [5, 5.41) is 0.139. The minimum absolute atomic E-state index is 0.0166. The first-order valence-corrected chi connectivity index (χ1v) is 9.02. The van der Waals surface area contributed by atoms with Gasteiger partial charge in [-0.3, -0.25) is 9.69 Å². The second-order valence-corrected chi connectivity index (χ2v) is 7.14. The van der Waals surface area contributed by atoms with E-state index in [1.54, 1.807) is 6.07 Å². The molecule has 0 spiro atoms. The van der Waals surface area contributed by atoms with Crippen molar-refractivity contribution in [3.8, 4) is 11.3 Å². The number of H-pyrrole nitrogens is 1. The molecular formula is C21H21F2N3O. The fourth-order valence-corrected chi connectivity index (χ4v) is 3.50. The third kappa shape index (κ3) is 3.77. The van der Waals surface area contributed by atoms with Crippen molar-refractivity contribution in [1.29, 1.82) is 0 Å². The van der Waals surface area contributed by atoms with E-state index in [1.807, 2.05) is 24.3 Å². The number of hydrogen-bond acceptors (Lipinski definition) is 3. The van der Waals surface area contributed by atoms with Gasteiger partial charge >= 0.3 is 0 Å². The summed E-state index contributed by atoms with van der Waals surface area (Å²) in [4.78, 5) is 19.7. The molecule has 1 fully saturated rings. The maximum atomic E-state index is 14.1. The fourth-order valence-electron chi connectivity index (χ4n) is 3.50. The molecule has 3 aromatic rings. The summed E-state index contributed by atoms with van der Waals surface area (Å²) in [6.45, 7) is 5.12. The number of nitrogens with zero attached hydrogens (tertiary/aromatic N) is 2. The van der Waals surface area contributed by atoms with E-state index in [1.165, 1.54) is 5.56 Å². The molecular weight excluding hydrogens is 348 g/mol. The lowest BCUT2D eigenvalue weighted by atomic mass is 10.0. The van der Waals surface area contributed by atoms with E-state index in [9.17, 15) is 13.6 Å². The van der Waals surface area contributed by atoms with Crippen molar-refractivity contribution >= 4 is 10.8 Å². The minimum atomic E-state index is -0.758. The second kappa shape index (κ2) is 7.21. The van der Waals surface area contributed by atoms with Crippen molar-refractivity contribution in [2.45, 2.75) is 6.54 Å². The number of aromatic nitrogens is 1. The number of rotatable bonds is 3. The standard InChI is InChI=1S/C21H21F2N3O/c1-25-6-8-26(9-7-25)13-14-2-4-15(5-3-14)20-12-17-18(21(27)24-20)10-16(22)11-19(17)23/h2-5,10-12H,6-9,13H2,1H3,(H,24,27). The molecule has 0 saturated carbocycles. The molecule has 0 atom stereocenters. The van der Waals surface area contributed by atoms with E-state index in [0.717, 1.165) is 50.4 Å². The Hall–Kier alpha value is -2.57. The third-order valence-electron chi connectivity index (χ3n) is 5.14.